The molecule has 1 rings (SSSR count). The summed E-state index contributed by atoms with van der Waals surface area (Å²) in [7, 11) is 0. The first-order valence-electron chi connectivity index (χ1n) is 6.16. The molecule has 3 nitrogen and oxygen atoms in total. The standard InChI is InChI=1S/C13H20BrClN2O/c1-3-17(4-2)9-11(18)8-16-13-6-5-10(15)7-12(13)14/h5-7,11,16,18H,3-4,8-9H2,1-2H3. The summed E-state index contributed by atoms with van der Waals surface area (Å²) in [6, 6.07) is 5.56. The average Bonchev–Trinajstić information content (AvgIpc) is 2.35. The maximum Gasteiger partial charge on any atom is 0.0839 e. The molecule has 102 valence electrons. The summed E-state index contributed by atoms with van der Waals surface area (Å²) >= 11 is 9.31. The monoisotopic (exact) mass is 334 g/mol. The first-order valence-corrected chi connectivity index (χ1v) is 7.33. The molecule has 0 aliphatic rings. The summed E-state index contributed by atoms with van der Waals surface area (Å²) in [5.41, 5.74) is 0.943. The van der Waals surface area contributed by atoms with Gasteiger partial charge in [0.25, 0.3) is 0 Å². The lowest BCUT2D eigenvalue weighted by Crippen LogP contribution is -2.35. The predicted molar refractivity (Wildman–Crippen MR) is 81.4 cm³/mol. The Morgan fingerprint density at radius 2 is 2.06 bits per heavy atom. The van der Waals surface area contributed by atoms with Crippen LogP contribution in [-0.2, 0) is 0 Å². The molecular formula is C13H20BrClN2O. The molecular weight excluding hydrogens is 316 g/mol. The summed E-state index contributed by atoms with van der Waals surface area (Å²) in [6.07, 6.45) is -0.382. The molecule has 0 aromatic heterocycles. The van der Waals surface area contributed by atoms with Crippen molar-refractivity contribution in [3.05, 3.63) is 27.7 Å². The fourth-order valence-electron chi connectivity index (χ4n) is 1.71. The van der Waals surface area contributed by atoms with Crippen LogP contribution in [0.3, 0.4) is 0 Å². The first kappa shape index (κ1) is 15.8. The number of nitrogens with zero attached hydrogens (tertiary/aromatic N) is 1. The third-order valence-electron chi connectivity index (χ3n) is 2.82. The fourth-order valence-corrected chi connectivity index (χ4v) is 2.53. The number of aliphatic hydroxyl groups excluding tert-OH is 1. The van der Waals surface area contributed by atoms with Crippen LogP contribution in [0.4, 0.5) is 5.69 Å². The fraction of sp³-hybridized carbons (Fsp3) is 0.538. The largest absolute Gasteiger partial charge is 0.390 e. The summed E-state index contributed by atoms with van der Waals surface area (Å²) in [4.78, 5) is 2.20. The van der Waals surface area contributed by atoms with Crippen LogP contribution in [-0.4, -0.2) is 42.3 Å². The van der Waals surface area contributed by atoms with Gasteiger partial charge in [-0.25, -0.2) is 0 Å². The molecule has 0 saturated heterocycles. The molecule has 0 heterocycles. The van der Waals surface area contributed by atoms with Gasteiger partial charge >= 0.3 is 0 Å². The molecule has 1 aromatic carbocycles. The van der Waals surface area contributed by atoms with E-state index in [0.717, 1.165) is 23.2 Å². The SMILES string of the molecule is CCN(CC)CC(O)CNc1ccc(Cl)cc1Br. The van der Waals surface area contributed by atoms with Crippen LogP contribution in [0.1, 0.15) is 13.8 Å². The van der Waals surface area contributed by atoms with E-state index in [-0.39, 0.29) is 6.10 Å². The Balaban J connectivity index is 2.44. The van der Waals surface area contributed by atoms with Crippen LogP contribution in [0.5, 0.6) is 0 Å². The van der Waals surface area contributed by atoms with Gasteiger partial charge in [-0.3, -0.25) is 0 Å². The van der Waals surface area contributed by atoms with E-state index in [9.17, 15) is 5.11 Å². The Morgan fingerprint density at radius 3 is 2.61 bits per heavy atom. The van der Waals surface area contributed by atoms with Crippen molar-refractivity contribution in [1.29, 1.82) is 0 Å². The Labute approximate surface area is 122 Å². The first-order chi connectivity index (χ1) is 8.56. The van der Waals surface area contributed by atoms with E-state index in [4.69, 9.17) is 11.6 Å². The van der Waals surface area contributed by atoms with Crippen molar-refractivity contribution in [1.82, 2.24) is 4.90 Å². The van der Waals surface area contributed by atoms with Gasteiger partial charge in [0.2, 0.25) is 0 Å². The number of benzene rings is 1. The highest BCUT2D eigenvalue weighted by atomic mass is 79.9. The predicted octanol–water partition coefficient (Wildman–Crippen LogP) is 3.22. The zero-order valence-electron chi connectivity index (χ0n) is 10.8. The Morgan fingerprint density at radius 1 is 1.39 bits per heavy atom. The molecule has 1 aromatic rings. The number of hydrogen-bond acceptors (Lipinski definition) is 3. The summed E-state index contributed by atoms with van der Waals surface area (Å²) in [6.45, 7) is 7.32. The van der Waals surface area contributed by atoms with Gasteiger partial charge in [-0.15, -0.1) is 0 Å². The van der Waals surface area contributed by atoms with Crippen molar-refractivity contribution in [3.63, 3.8) is 0 Å². The van der Waals surface area contributed by atoms with E-state index in [2.05, 4.69) is 40.0 Å². The molecule has 0 radical (unpaired) electrons. The van der Waals surface area contributed by atoms with Crippen molar-refractivity contribution in [2.24, 2.45) is 0 Å². The molecule has 0 spiro atoms. The van der Waals surface area contributed by atoms with E-state index in [0.29, 0.717) is 18.1 Å². The average molecular weight is 336 g/mol. The Kier molecular flexibility index (Phi) is 7.00. The second-order valence-electron chi connectivity index (χ2n) is 4.14. The van der Waals surface area contributed by atoms with Crippen LogP contribution in [0.15, 0.2) is 22.7 Å². The van der Waals surface area contributed by atoms with Crippen molar-refractivity contribution in [3.8, 4) is 0 Å². The number of aliphatic hydroxyl groups is 1. The molecule has 0 aliphatic carbocycles. The molecule has 0 fully saturated rings. The van der Waals surface area contributed by atoms with Crippen LogP contribution < -0.4 is 5.32 Å². The number of nitrogens with one attached hydrogen (secondary N) is 1. The van der Waals surface area contributed by atoms with E-state index in [1.165, 1.54) is 0 Å². The minimum Gasteiger partial charge on any atom is -0.390 e. The van der Waals surface area contributed by atoms with Gasteiger partial charge in [-0.2, -0.15) is 0 Å². The smallest absolute Gasteiger partial charge is 0.0839 e. The Hall–Kier alpha value is -0.290. The lowest BCUT2D eigenvalue weighted by atomic mass is 10.2. The third kappa shape index (κ3) is 5.14. The third-order valence-corrected chi connectivity index (χ3v) is 3.71. The van der Waals surface area contributed by atoms with Crippen LogP contribution in [0, 0.1) is 0 Å². The number of hydrogen-bond donors (Lipinski definition) is 2. The highest BCUT2D eigenvalue weighted by molar-refractivity contribution is 9.10. The van der Waals surface area contributed by atoms with Gasteiger partial charge < -0.3 is 15.3 Å². The minimum atomic E-state index is -0.382. The maximum atomic E-state index is 9.94. The normalized spacial score (nSPS) is 12.8. The maximum absolute atomic E-state index is 9.94. The second-order valence-corrected chi connectivity index (χ2v) is 5.44. The zero-order valence-corrected chi connectivity index (χ0v) is 13.1. The summed E-state index contributed by atoms with van der Waals surface area (Å²) in [5, 5.41) is 13.8. The minimum absolute atomic E-state index is 0.382. The van der Waals surface area contributed by atoms with Crippen LogP contribution in [0.25, 0.3) is 0 Å². The highest BCUT2D eigenvalue weighted by Crippen LogP contribution is 2.25. The van der Waals surface area contributed by atoms with Crippen molar-refractivity contribution < 1.29 is 5.11 Å². The van der Waals surface area contributed by atoms with E-state index in [1.807, 2.05) is 18.2 Å². The molecule has 2 N–H and O–H groups in total. The van der Waals surface area contributed by atoms with Crippen LogP contribution in [0.2, 0.25) is 5.02 Å². The highest BCUT2D eigenvalue weighted by Gasteiger charge is 2.09. The lowest BCUT2D eigenvalue weighted by Gasteiger charge is -2.22. The molecule has 0 bridgehead atoms. The zero-order chi connectivity index (χ0) is 13.5. The molecule has 5 heteroatoms. The van der Waals surface area contributed by atoms with Gasteiger partial charge in [0, 0.05) is 28.3 Å². The summed E-state index contributed by atoms with van der Waals surface area (Å²) < 4.78 is 0.907. The lowest BCUT2D eigenvalue weighted by molar-refractivity contribution is 0.128. The molecule has 1 unspecified atom stereocenters. The van der Waals surface area contributed by atoms with Gasteiger partial charge in [0.15, 0.2) is 0 Å². The van der Waals surface area contributed by atoms with Gasteiger partial charge in [-0.1, -0.05) is 25.4 Å². The van der Waals surface area contributed by atoms with Crippen LogP contribution >= 0.6 is 27.5 Å². The number of likely N-dealkylation sites (N-methyl/N-ethyl adjacent to an activating group) is 1. The van der Waals surface area contributed by atoms with Crippen molar-refractivity contribution in [2.75, 3.05) is 31.5 Å². The van der Waals surface area contributed by atoms with Crippen molar-refractivity contribution >= 4 is 33.2 Å². The molecule has 18 heavy (non-hydrogen) atoms. The van der Waals surface area contributed by atoms with Crippen molar-refractivity contribution in [2.45, 2.75) is 20.0 Å². The quantitative estimate of drug-likeness (QED) is 0.803. The summed E-state index contributed by atoms with van der Waals surface area (Å²) in [5.74, 6) is 0. The second kappa shape index (κ2) is 8.00. The number of rotatable bonds is 7. The number of halogens is 2. The topological polar surface area (TPSA) is 35.5 Å². The molecule has 0 amide bonds. The molecule has 0 aliphatic heterocycles. The molecule has 0 saturated carbocycles. The van der Waals surface area contributed by atoms with Gasteiger partial charge in [-0.05, 0) is 47.2 Å². The van der Waals surface area contributed by atoms with Gasteiger partial charge in [0.1, 0.15) is 0 Å². The Bertz CT molecular complexity index is 372. The number of anilines is 1. The van der Waals surface area contributed by atoms with Gasteiger partial charge in [0.05, 0.1) is 6.10 Å². The van der Waals surface area contributed by atoms with E-state index >= 15 is 0 Å². The van der Waals surface area contributed by atoms with E-state index in [1.54, 1.807) is 0 Å². The molecule has 1 atom stereocenters. The van der Waals surface area contributed by atoms with E-state index < -0.39 is 0 Å².